The van der Waals surface area contributed by atoms with Gasteiger partial charge in [0.05, 0.1) is 6.54 Å². The highest BCUT2D eigenvalue weighted by Gasteiger charge is 2.21. The third-order valence-corrected chi connectivity index (χ3v) is 3.34. The van der Waals surface area contributed by atoms with Gasteiger partial charge in [-0.05, 0) is 38.1 Å². The van der Waals surface area contributed by atoms with Gasteiger partial charge in [0, 0.05) is 25.7 Å². The van der Waals surface area contributed by atoms with Crippen LogP contribution in [0.15, 0.2) is 18.2 Å². The van der Waals surface area contributed by atoms with E-state index in [1.54, 1.807) is 14.1 Å². The number of phenols is 1. The van der Waals surface area contributed by atoms with Gasteiger partial charge in [0.1, 0.15) is 11.6 Å². The number of nitrogens with zero attached hydrogens (tertiary/aromatic N) is 2. The second-order valence-electron chi connectivity index (χ2n) is 5.14. The highest BCUT2D eigenvalue weighted by Crippen LogP contribution is 2.29. The van der Waals surface area contributed by atoms with Crippen molar-refractivity contribution in [3.63, 3.8) is 0 Å². The van der Waals surface area contributed by atoms with E-state index in [0.717, 1.165) is 6.42 Å². The van der Waals surface area contributed by atoms with Crippen molar-refractivity contribution < 1.29 is 14.3 Å². The molecule has 1 rings (SSSR count). The number of rotatable bonds is 6. The van der Waals surface area contributed by atoms with Gasteiger partial charge in [-0.3, -0.25) is 9.69 Å². The molecule has 0 spiro atoms. The first-order valence-corrected chi connectivity index (χ1v) is 6.79. The molecule has 112 valence electrons. The van der Waals surface area contributed by atoms with Crippen LogP contribution in [0.4, 0.5) is 4.39 Å². The van der Waals surface area contributed by atoms with Gasteiger partial charge >= 0.3 is 0 Å². The van der Waals surface area contributed by atoms with Crippen molar-refractivity contribution in [3.05, 3.63) is 29.6 Å². The largest absolute Gasteiger partial charge is 0.508 e. The van der Waals surface area contributed by atoms with Gasteiger partial charge in [0.25, 0.3) is 0 Å². The summed E-state index contributed by atoms with van der Waals surface area (Å²) in [4.78, 5) is 15.3. The Balaban J connectivity index is 2.95. The summed E-state index contributed by atoms with van der Waals surface area (Å²) < 4.78 is 13.3. The van der Waals surface area contributed by atoms with E-state index in [1.807, 2.05) is 18.7 Å². The van der Waals surface area contributed by atoms with Crippen LogP contribution in [0.2, 0.25) is 0 Å². The summed E-state index contributed by atoms with van der Waals surface area (Å²) in [6.07, 6.45) is 0.876. The summed E-state index contributed by atoms with van der Waals surface area (Å²) in [5.41, 5.74) is 0.505. The van der Waals surface area contributed by atoms with Crippen molar-refractivity contribution in [2.75, 3.05) is 27.2 Å². The highest BCUT2D eigenvalue weighted by atomic mass is 19.1. The maximum absolute atomic E-state index is 13.3. The SMILES string of the molecule is CCCN(CC(=O)N(C)C)C(C)c1cc(F)ccc1O. The molecule has 1 aromatic rings. The van der Waals surface area contributed by atoms with Gasteiger partial charge in [-0.1, -0.05) is 6.92 Å². The molecule has 5 heteroatoms. The molecule has 0 aliphatic rings. The van der Waals surface area contributed by atoms with Crippen molar-refractivity contribution in [2.45, 2.75) is 26.3 Å². The van der Waals surface area contributed by atoms with Crippen molar-refractivity contribution in [1.29, 1.82) is 0 Å². The van der Waals surface area contributed by atoms with Crippen LogP contribution in [0.25, 0.3) is 0 Å². The van der Waals surface area contributed by atoms with E-state index in [2.05, 4.69) is 0 Å². The maximum Gasteiger partial charge on any atom is 0.236 e. The Morgan fingerprint density at radius 3 is 2.60 bits per heavy atom. The van der Waals surface area contributed by atoms with Crippen LogP contribution in [0.1, 0.15) is 31.9 Å². The van der Waals surface area contributed by atoms with E-state index in [0.29, 0.717) is 12.1 Å². The average Bonchev–Trinajstić information content (AvgIpc) is 2.40. The minimum Gasteiger partial charge on any atom is -0.508 e. The third kappa shape index (κ3) is 4.20. The molecule has 1 atom stereocenters. The van der Waals surface area contributed by atoms with Crippen LogP contribution in [-0.2, 0) is 4.79 Å². The van der Waals surface area contributed by atoms with Gasteiger partial charge in [0.2, 0.25) is 5.91 Å². The zero-order chi connectivity index (χ0) is 15.3. The van der Waals surface area contributed by atoms with Crippen LogP contribution < -0.4 is 0 Å². The summed E-state index contributed by atoms with van der Waals surface area (Å²) in [5.74, 6) is -0.349. The van der Waals surface area contributed by atoms with E-state index in [9.17, 15) is 14.3 Å². The maximum atomic E-state index is 13.3. The van der Waals surface area contributed by atoms with Crippen LogP contribution >= 0.6 is 0 Å². The first-order chi connectivity index (χ1) is 9.36. The predicted molar refractivity (Wildman–Crippen MR) is 77.0 cm³/mol. The minimum atomic E-state index is -0.389. The lowest BCUT2D eigenvalue weighted by Gasteiger charge is -2.29. The Morgan fingerprint density at radius 2 is 2.05 bits per heavy atom. The molecule has 0 aliphatic carbocycles. The second-order valence-corrected chi connectivity index (χ2v) is 5.14. The number of likely N-dealkylation sites (N-methyl/N-ethyl adjacent to an activating group) is 1. The van der Waals surface area contributed by atoms with Gasteiger partial charge < -0.3 is 10.0 Å². The monoisotopic (exact) mass is 282 g/mol. The number of phenolic OH excluding ortho intramolecular Hbond substituents is 1. The molecule has 1 N–H and O–H groups in total. The lowest BCUT2D eigenvalue weighted by atomic mass is 10.0. The van der Waals surface area contributed by atoms with E-state index >= 15 is 0 Å². The Hall–Kier alpha value is -1.62. The number of aromatic hydroxyl groups is 1. The van der Waals surface area contributed by atoms with Gasteiger partial charge in [0.15, 0.2) is 0 Å². The summed E-state index contributed by atoms with van der Waals surface area (Å²) in [6, 6.07) is 3.66. The summed E-state index contributed by atoms with van der Waals surface area (Å²) in [6.45, 7) is 4.84. The lowest BCUT2D eigenvalue weighted by Crippen LogP contribution is -2.38. The molecule has 1 unspecified atom stereocenters. The van der Waals surface area contributed by atoms with Crippen LogP contribution in [0.3, 0.4) is 0 Å². The first kappa shape index (κ1) is 16.4. The smallest absolute Gasteiger partial charge is 0.236 e. The highest BCUT2D eigenvalue weighted by molar-refractivity contribution is 5.77. The van der Waals surface area contributed by atoms with E-state index < -0.39 is 0 Å². The molecule has 0 fully saturated rings. The number of carbonyl (C=O) groups is 1. The number of halogens is 1. The standard InChI is InChI=1S/C15H23FN2O2/c1-5-8-18(10-15(20)17(3)4)11(2)13-9-12(16)6-7-14(13)19/h6-7,9,11,19H,5,8,10H2,1-4H3. The molecular formula is C15H23FN2O2. The molecule has 0 radical (unpaired) electrons. The summed E-state index contributed by atoms with van der Waals surface area (Å²) in [5, 5.41) is 9.88. The fourth-order valence-electron chi connectivity index (χ4n) is 2.07. The van der Waals surface area contributed by atoms with Crippen molar-refractivity contribution in [1.82, 2.24) is 9.80 Å². The molecule has 0 saturated carbocycles. The normalized spacial score (nSPS) is 12.5. The lowest BCUT2D eigenvalue weighted by molar-refractivity contribution is -0.130. The summed E-state index contributed by atoms with van der Waals surface area (Å²) >= 11 is 0. The molecule has 0 saturated heterocycles. The fourth-order valence-corrected chi connectivity index (χ4v) is 2.07. The molecule has 0 aliphatic heterocycles. The zero-order valence-electron chi connectivity index (χ0n) is 12.6. The molecular weight excluding hydrogens is 259 g/mol. The fraction of sp³-hybridized carbons (Fsp3) is 0.533. The number of hydrogen-bond donors (Lipinski definition) is 1. The Kier molecular flexibility index (Phi) is 5.95. The molecule has 0 heterocycles. The Labute approximate surface area is 119 Å². The topological polar surface area (TPSA) is 43.8 Å². The Morgan fingerprint density at radius 1 is 1.40 bits per heavy atom. The quantitative estimate of drug-likeness (QED) is 0.871. The molecule has 1 aromatic carbocycles. The number of hydrogen-bond acceptors (Lipinski definition) is 3. The second kappa shape index (κ2) is 7.24. The minimum absolute atomic E-state index is 0.0128. The molecule has 0 bridgehead atoms. The number of carbonyl (C=O) groups excluding carboxylic acids is 1. The van der Waals surface area contributed by atoms with E-state index in [4.69, 9.17) is 0 Å². The molecule has 4 nitrogen and oxygen atoms in total. The number of amides is 1. The molecule has 0 aromatic heterocycles. The van der Waals surface area contributed by atoms with Gasteiger partial charge in [-0.2, -0.15) is 0 Å². The third-order valence-electron chi connectivity index (χ3n) is 3.34. The predicted octanol–water partition coefficient (Wildman–Crippen LogP) is 2.39. The molecule has 1 amide bonds. The van der Waals surface area contributed by atoms with Crippen LogP contribution in [0.5, 0.6) is 5.75 Å². The zero-order valence-corrected chi connectivity index (χ0v) is 12.6. The van der Waals surface area contributed by atoms with Crippen molar-refractivity contribution >= 4 is 5.91 Å². The van der Waals surface area contributed by atoms with Crippen LogP contribution in [-0.4, -0.2) is 48.0 Å². The Bertz CT molecular complexity index is 463. The van der Waals surface area contributed by atoms with Gasteiger partial charge in [-0.25, -0.2) is 4.39 Å². The van der Waals surface area contributed by atoms with Crippen molar-refractivity contribution in [2.24, 2.45) is 0 Å². The average molecular weight is 282 g/mol. The molecule has 20 heavy (non-hydrogen) atoms. The van der Waals surface area contributed by atoms with Gasteiger partial charge in [-0.15, -0.1) is 0 Å². The first-order valence-electron chi connectivity index (χ1n) is 6.79. The number of benzene rings is 1. The van der Waals surface area contributed by atoms with Crippen molar-refractivity contribution in [3.8, 4) is 5.75 Å². The van der Waals surface area contributed by atoms with E-state index in [1.165, 1.54) is 23.1 Å². The summed E-state index contributed by atoms with van der Waals surface area (Å²) in [7, 11) is 3.41. The van der Waals surface area contributed by atoms with Crippen LogP contribution in [0, 0.1) is 5.82 Å². The van der Waals surface area contributed by atoms with E-state index in [-0.39, 0.29) is 30.1 Å².